The van der Waals surface area contributed by atoms with Crippen molar-refractivity contribution in [1.82, 2.24) is 19.9 Å². The molecule has 0 bridgehead atoms. The highest BCUT2D eigenvalue weighted by Crippen LogP contribution is 2.55. The standard InChI is InChI=1S/C23H27N5OS/c1-23(2)18(14-8-11-29-19(14)23)28(3)21-17-13-6-4-5-7-16(13)30-22(17)27-20(26-21)15-12-24-9-10-25-15/h9-10,12,14,18-19H,4-8,11H2,1-3H3. The summed E-state index contributed by atoms with van der Waals surface area (Å²) in [7, 11) is 2.22. The van der Waals surface area contributed by atoms with Crippen molar-refractivity contribution in [2.45, 2.75) is 58.1 Å². The van der Waals surface area contributed by atoms with Crippen molar-refractivity contribution in [2.75, 3.05) is 18.6 Å². The van der Waals surface area contributed by atoms with Gasteiger partial charge in [0.2, 0.25) is 0 Å². The molecule has 0 aromatic carbocycles. The highest BCUT2D eigenvalue weighted by atomic mass is 32.1. The second-order valence-corrected chi connectivity index (χ2v) is 10.6. The minimum atomic E-state index is 0.107. The summed E-state index contributed by atoms with van der Waals surface area (Å²) in [6.45, 7) is 5.55. The van der Waals surface area contributed by atoms with Gasteiger partial charge in [-0.05, 0) is 37.7 Å². The Morgan fingerprint density at radius 3 is 2.87 bits per heavy atom. The zero-order valence-corrected chi connectivity index (χ0v) is 18.6. The second kappa shape index (κ2) is 6.69. The molecule has 7 heteroatoms. The number of fused-ring (bicyclic) bond motifs is 4. The third-order valence-electron chi connectivity index (χ3n) is 7.38. The normalized spacial score (nSPS) is 26.8. The maximum Gasteiger partial charge on any atom is 0.183 e. The molecule has 0 spiro atoms. The van der Waals surface area contributed by atoms with Crippen LogP contribution in [0.25, 0.3) is 21.7 Å². The molecule has 2 aliphatic carbocycles. The van der Waals surface area contributed by atoms with Crippen molar-refractivity contribution < 1.29 is 4.74 Å². The maximum absolute atomic E-state index is 6.06. The summed E-state index contributed by atoms with van der Waals surface area (Å²) in [5, 5.41) is 1.27. The Morgan fingerprint density at radius 2 is 2.03 bits per heavy atom. The van der Waals surface area contributed by atoms with Crippen LogP contribution in [0.15, 0.2) is 18.6 Å². The van der Waals surface area contributed by atoms with Gasteiger partial charge in [-0.1, -0.05) is 13.8 Å². The number of aromatic nitrogens is 4. The molecule has 156 valence electrons. The van der Waals surface area contributed by atoms with Gasteiger partial charge in [-0.2, -0.15) is 0 Å². The summed E-state index contributed by atoms with van der Waals surface area (Å²) in [5.41, 5.74) is 2.32. The molecule has 3 aromatic rings. The number of nitrogens with zero attached hydrogens (tertiary/aromatic N) is 5. The van der Waals surface area contributed by atoms with E-state index in [0.717, 1.165) is 42.2 Å². The lowest BCUT2D eigenvalue weighted by Crippen LogP contribution is -2.66. The number of ether oxygens (including phenoxy) is 1. The highest BCUT2D eigenvalue weighted by molar-refractivity contribution is 7.19. The zero-order valence-electron chi connectivity index (χ0n) is 17.8. The first kappa shape index (κ1) is 18.6. The van der Waals surface area contributed by atoms with Gasteiger partial charge in [0.05, 0.1) is 17.7 Å². The van der Waals surface area contributed by atoms with Crippen LogP contribution in [0.1, 0.15) is 43.6 Å². The van der Waals surface area contributed by atoms with Gasteiger partial charge in [0.25, 0.3) is 0 Å². The number of anilines is 1. The van der Waals surface area contributed by atoms with Crippen LogP contribution in [0.3, 0.4) is 0 Å². The molecule has 6 rings (SSSR count). The number of hydrogen-bond donors (Lipinski definition) is 0. The SMILES string of the molecule is CN(c1nc(-c2cnccn2)nc2sc3c(c12)CCCC3)C1C2CCOC2C1(C)C. The minimum Gasteiger partial charge on any atom is -0.377 e. The summed E-state index contributed by atoms with van der Waals surface area (Å²) >= 11 is 1.85. The van der Waals surface area contributed by atoms with Crippen LogP contribution < -0.4 is 4.90 Å². The van der Waals surface area contributed by atoms with Crippen molar-refractivity contribution in [3.63, 3.8) is 0 Å². The van der Waals surface area contributed by atoms with Gasteiger partial charge in [0.15, 0.2) is 5.82 Å². The lowest BCUT2D eigenvalue weighted by atomic mass is 9.57. The van der Waals surface area contributed by atoms with Crippen molar-refractivity contribution in [2.24, 2.45) is 11.3 Å². The maximum atomic E-state index is 6.06. The van der Waals surface area contributed by atoms with Gasteiger partial charge in [0, 0.05) is 48.3 Å². The number of rotatable bonds is 3. The average molecular weight is 422 g/mol. The Balaban J connectivity index is 1.53. The smallest absolute Gasteiger partial charge is 0.183 e. The van der Waals surface area contributed by atoms with Crippen LogP contribution >= 0.6 is 11.3 Å². The Morgan fingerprint density at radius 1 is 1.17 bits per heavy atom. The Labute approximate surface area is 180 Å². The molecule has 3 unspecified atom stereocenters. The van der Waals surface area contributed by atoms with E-state index in [-0.39, 0.29) is 5.41 Å². The molecule has 3 atom stereocenters. The molecule has 3 aromatic heterocycles. The van der Waals surface area contributed by atoms with E-state index in [1.165, 1.54) is 28.7 Å². The van der Waals surface area contributed by atoms with Crippen LogP contribution in [0.4, 0.5) is 5.82 Å². The molecule has 1 aliphatic heterocycles. The van der Waals surface area contributed by atoms with Crippen molar-refractivity contribution in [3.8, 4) is 11.5 Å². The molecule has 30 heavy (non-hydrogen) atoms. The molecule has 2 fully saturated rings. The van der Waals surface area contributed by atoms with E-state index in [4.69, 9.17) is 14.7 Å². The third-order valence-corrected chi connectivity index (χ3v) is 8.56. The van der Waals surface area contributed by atoms with Crippen LogP contribution in [0.2, 0.25) is 0 Å². The van der Waals surface area contributed by atoms with Gasteiger partial charge in [-0.25, -0.2) is 15.0 Å². The van der Waals surface area contributed by atoms with Crippen molar-refractivity contribution in [3.05, 3.63) is 29.0 Å². The number of thiophene rings is 1. The first-order valence-corrected chi connectivity index (χ1v) is 11.8. The van der Waals surface area contributed by atoms with Crippen molar-refractivity contribution >= 4 is 27.4 Å². The van der Waals surface area contributed by atoms with E-state index in [1.54, 1.807) is 18.6 Å². The third kappa shape index (κ3) is 2.57. The average Bonchev–Trinajstić information content (AvgIpc) is 3.36. The van der Waals surface area contributed by atoms with Gasteiger partial charge < -0.3 is 9.64 Å². The van der Waals surface area contributed by atoms with E-state index in [2.05, 4.69) is 35.8 Å². The van der Waals surface area contributed by atoms with Crippen LogP contribution in [0, 0.1) is 11.3 Å². The van der Waals surface area contributed by atoms with Gasteiger partial charge >= 0.3 is 0 Å². The van der Waals surface area contributed by atoms with Crippen LogP contribution in [-0.4, -0.2) is 45.7 Å². The van der Waals surface area contributed by atoms with E-state index in [1.807, 2.05) is 11.3 Å². The Kier molecular flexibility index (Phi) is 4.15. The molecule has 1 saturated carbocycles. The summed E-state index contributed by atoms with van der Waals surface area (Å²) in [5.74, 6) is 2.31. The van der Waals surface area contributed by atoms with Crippen molar-refractivity contribution in [1.29, 1.82) is 0 Å². The minimum absolute atomic E-state index is 0.107. The van der Waals surface area contributed by atoms with E-state index in [0.29, 0.717) is 23.9 Å². The number of hydrogen-bond acceptors (Lipinski definition) is 7. The Bertz CT molecular complexity index is 1110. The molecule has 4 heterocycles. The first-order valence-electron chi connectivity index (χ1n) is 11.0. The lowest BCUT2D eigenvalue weighted by molar-refractivity contribution is -0.101. The van der Waals surface area contributed by atoms with Gasteiger partial charge in [-0.3, -0.25) is 4.98 Å². The molecule has 0 N–H and O–H groups in total. The zero-order chi connectivity index (χ0) is 20.5. The van der Waals surface area contributed by atoms with Crippen LogP contribution in [0.5, 0.6) is 0 Å². The summed E-state index contributed by atoms with van der Waals surface area (Å²) in [4.78, 5) is 23.8. The van der Waals surface area contributed by atoms with Crippen LogP contribution in [-0.2, 0) is 17.6 Å². The summed E-state index contributed by atoms with van der Waals surface area (Å²) in [6, 6.07) is 0.414. The predicted molar refractivity (Wildman–Crippen MR) is 119 cm³/mol. The van der Waals surface area contributed by atoms with Gasteiger partial charge in [0.1, 0.15) is 16.3 Å². The summed E-state index contributed by atoms with van der Waals surface area (Å²) in [6.07, 6.45) is 11.5. The molecule has 6 nitrogen and oxygen atoms in total. The number of aryl methyl sites for hydroxylation is 2. The predicted octanol–water partition coefficient (Wildman–Crippen LogP) is 4.28. The quantitative estimate of drug-likeness (QED) is 0.629. The fourth-order valence-corrected chi connectivity index (χ4v) is 7.39. The summed E-state index contributed by atoms with van der Waals surface area (Å²) < 4.78 is 6.06. The van der Waals surface area contributed by atoms with Gasteiger partial charge in [-0.15, -0.1) is 11.3 Å². The first-order chi connectivity index (χ1) is 14.6. The molecule has 0 amide bonds. The molecular weight excluding hydrogens is 394 g/mol. The Hall–Kier alpha value is -2.12. The lowest BCUT2D eigenvalue weighted by Gasteiger charge is -2.58. The topological polar surface area (TPSA) is 64.0 Å². The fraction of sp³-hybridized carbons (Fsp3) is 0.565. The monoisotopic (exact) mass is 421 g/mol. The van der Waals surface area contributed by atoms with E-state index >= 15 is 0 Å². The second-order valence-electron chi connectivity index (χ2n) is 9.47. The highest BCUT2D eigenvalue weighted by Gasteiger charge is 2.61. The molecular formula is C23H27N5OS. The largest absolute Gasteiger partial charge is 0.377 e. The molecule has 3 aliphatic rings. The fourth-order valence-electron chi connectivity index (χ4n) is 6.14. The molecule has 0 radical (unpaired) electrons. The van der Waals surface area contributed by atoms with E-state index < -0.39 is 0 Å². The van der Waals surface area contributed by atoms with E-state index in [9.17, 15) is 0 Å². The molecule has 1 saturated heterocycles.